The maximum absolute atomic E-state index is 13.7. The van der Waals surface area contributed by atoms with Gasteiger partial charge in [-0.2, -0.15) is 13.2 Å². The molecule has 0 N–H and O–H groups in total. The van der Waals surface area contributed by atoms with Crippen molar-refractivity contribution in [2.75, 3.05) is 0 Å². The number of rotatable bonds is 6. The Kier molecular flexibility index (Phi) is 4.70. The lowest BCUT2D eigenvalue weighted by Crippen LogP contribution is -2.25. The summed E-state index contributed by atoms with van der Waals surface area (Å²) < 4.78 is 55.9. The summed E-state index contributed by atoms with van der Waals surface area (Å²) in [5.41, 5.74) is 0. The van der Waals surface area contributed by atoms with E-state index in [2.05, 4.69) is 0 Å². The van der Waals surface area contributed by atoms with Crippen LogP contribution in [0.3, 0.4) is 0 Å². The van der Waals surface area contributed by atoms with Gasteiger partial charge in [0.1, 0.15) is 5.75 Å². The first-order valence-corrected chi connectivity index (χ1v) is 6.53. The van der Waals surface area contributed by atoms with Gasteiger partial charge >= 0.3 is 0 Å². The summed E-state index contributed by atoms with van der Waals surface area (Å²) in [5.74, 6) is -5.86. The van der Waals surface area contributed by atoms with Crippen molar-refractivity contribution in [1.82, 2.24) is 0 Å². The fourth-order valence-corrected chi connectivity index (χ4v) is 1.52. The van der Waals surface area contributed by atoms with Gasteiger partial charge in [-0.1, -0.05) is 0 Å². The van der Waals surface area contributed by atoms with Crippen LogP contribution in [0.15, 0.2) is 18.2 Å². The quantitative estimate of drug-likeness (QED) is 0.745. The van der Waals surface area contributed by atoms with Crippen molar-refractivity contribution in [3.8, 4) is 17.2 Å². The van der Waals surface area contributed by atoms with Gasteiger partial charge in [0.15, 0.2) is 11.5 Å². The largest absolute Gasteiger partial charge is 0.458 e. The molecule has 1 aromatic carbocycles. The molecule has 0 saturated heterocycles. The van der Waals surface area contributed by atoms with E-state index in [-0.39, 0.29) is 17.2 Å². The molecule has 0 aliphatic carbocycles. The van der Waals surface area contributed by atoms with Gasteiger partial charge in [-0.05, 0) is 12.1 Å². The Morgan fingerprint density at radius 3 is 1.52 bits per heavy atom. The lowest BCUT2D eigenvalue weighted by molar-refractivity contribution is -0.0498. The van der Waals surface area contributed by atoms with Crippen molar-refractivity contribution in [1.29, 1.82) is 0 Å². The molecule has 0 aromatic heterocycles. The molecule has 0 aliphatic rings. The molecule has 120 valence electrons. The summed E-state index contributed by atoms with van der Waals surface area (Å²) in [4.78, 5) is 0. The number of halogens is 3. The van der Waals surface area contributed by atoms with Crippen LogP contribution in [0.25, 0.3) is 0 Å². The fraction of sp³-hybridized carbons (Fsp3) is 0.600. The van der Waals surface area contributed by atoms with Gasteiger partial charge in [0.2, 0.25) is 17.6 Å². The Labute approximate surface area is 123 Å². The molecule has 0 amide bonds. The van der Waals surface area contributed by atoms with E-state index in [9.17, 15) is 13.2 Å². The van der Waals surface area contributed by atoms with Crippen molar-refractivity contribution in [2.45, 2.75) is 59.1 Å². The smallest absolute Gasteiger partial charge is 0.243 e. The SMILES string of the molecule is CC(C)(F)Oc1ccc(OC(C)(C)F)c(OC(C)(C)F)c1. The van der Waals surface area contributed by atoms with E-state index in [1.54, 1.807) is 0 Å². The minimum atomic E-state index is -2.01. The highest BCUT2D eigenvalue weighted by molar-refractivity contribution is 5.46. The summed E-state index contributed by atoms with van der Waals surface area (Å²) in [6.07, 6.45) is 0. The van der Waals surface area contributed by atoms with Crippen molar-refractivity contribution < 1.29 is 27.4 Å². The molecule has 0 radical (unpaired) electrons. The molecule has 0 spiro atoms. The van der Waals surface area contributed by atoms with Gasteiger partial charge < -0.3 is 14.2 Å². The maximum atomic E-state index is 13.7. The molecule has 6 heteroatoms. The fourth-order valence-electron chi connectivity index (χ4n) is 1.52. The Morgan fingerprint density at radius 1 is 0.667 bits per heavy atom. The zero-order valence-electron chi connectivity index (χ0n) is 13.1. The Morgan fingerprint density at radius 2 is 1.10 bits per heavy atom. The second-order valence-electron chi connectivity index (χ2n) is 6.00. The van der Waals surface area contributed by atoms with Crippen molar-refractivity contribution >= 4 is 0 Å². The molecule has 21 heavy (non-hydrogen) atoms. The predicted molar refractivity (Wildman–Crippen MR) is 73.9 cm³/mol. The lowest BCUT2D eigenvalue weighted by atomic mass is 10.2. The summed E-state index contributed by atoms with van der Waals surface area (Å²) in [6.45, 7) is 7.22. The molecule has 3 nitrogen and oxygen atoms in total. The predicted octanol–water partition coefficient (Wildman–Crippen LogP) is 4.94. The second-order valence-corrected chi connectivity index (χ2v) is 6.00. The van der Waals surface area contributed by atoms with Crippen molar-refractivity contribution in [2.24, 2.45) is 0 Å². The molecule has 0 fully saturated rings. The Hall–Kier alpha value is -1.59. The Bertz CT molecular complexity index is 482. The third kappa shape index (κ3) is 7.11. The summed E-state index contributed by atoms with van der Waals surface area (Å²) in [7, 11) is 0. The highest BCUT2D eigenvalue weighted by Crippen LogP contribution is 2.37. The minimum absolute atomic E-state index is 0.00256. The van der Waals surface area contributed by atoms with Gasteiger partial charge in [-0.25, -0.2) is 0 Å². The number of benzene rings is 1. The normalized spacial score (nSPS) is 13.0. The van der Waals surface area contributed by atoms with Gasteiger partial charge in [0.05, 0.1) is 0 Å². The van der Waals surface area contributed by atoms with Crippen LogP contribution in [-0.4, -0.2) is 17.6 Å². The van der Waals surface area contributed by atoms with Crippen LogP contribution < -0.4 is 14.2 Å². The summed E-state index contributed by atoms with van der Waals surface area (Å²) in [5, 5.41) is 0. The zero-order chi connectivity index (χ0) is 16.5. The zero-order valence-corrected chi connectivity index (χ0v) is 13.1. The van der Waals surface area contributed by atoms with Gasteiger partial charge in [-0.15, -0.1) is 0 Å². The van der Waals surface area contributed by atoms with Crippen molar-refractivity contribution in [3.05, 3.63) is 18.2 Å². The van der Waals surface area contributed by atoms with Gasteiger partial charge in [0, 0.05) is 47.6 Å². The minimum Gasteiger partial charge on any atom is -0.458 e. The number of hydrogen-bond donors (Lipinski definition) is 0. The van der Waals surface area contributed by atoms with Crippen LogP contribution in [0.1, 0.15) is 41.5 Å². The first-order chi connectivity index (χ1) is 9.25. The molecule has 0 atom stereocenters. The van der Waals surface area contributed by atoms with Crippen LogP contribution in [0.4, 0.5) is 13.2 Å². The highest BCUT2D eigenvalue weighted by Gasteiger charge is 2.25. The number of hydrogen-bond acceptors (Lipinski definition) is 3. The molecular weight excluding hydrogens is 285 g/mol. The van der Waals surface area contributed by atoms with Crippen LogP contribution in [0, 0.1) is 0 Å². The Balaban J connectivity index is 3.14. The van der Waals surface area contributed by atoms with E-state index in [4.69, 9.17) is 14.2 Å². The van der Waals surface area contributed by atoms with E-state index in [1.807, 2.05) is 0 Å². The molecule has 1 aromatic rings. The van der Waals surface area contributed by atoms with Gasteiger partial charge in [-0.3, -0.25) is 0 Å². The maximum Gasteiger partial charge on any atom is 0.243 e. The molecule has 0 bridgehead atoms. The van der Waals surface area contributed by atoms with Crippen LogP contribution in [0.5, 0.6) is 17.2 Å². The first kappa shape index (κ1) is 17.5. The first-order valence-electron chi connectivity index (χ1n) is 6.53. The molecule has 0 aliphatic heterocycles. The van der Waals surface area contributed by atoms with E-state index >= 15 is 0 Å². The highest BCUT2D eigenvalue weighted by atomic mass is 19.2. The molecular formula is C15H21F3O3. The number of alkyl halides is 3. The van der Waals surface area contributed by atoms with Crippen LogP contribution >= 0.6 is 0 Å². The molecule has 0 saturated carbocycles. The van der Waals surface area contributed by atoms with Gasteiger partial charge in [0.25, 0.3) is 0 Å². The average Bonchev–Trinajstić information content (AvgIpc) is 2.15. The average molecular weight is 306 g/mol. The van der Waals surface area contributed by atoms with E-state index < -0.39 is 17.6 Å². The number of ether oxygens (including phenoxy) is 3. The topological polar surface area (TPSA) is 27.7 Å². The van der Waals surface area contributed by atoms with E-state index in [0.717, 1.165) is 0 Å². The second kappa shape index (κ2) is 5.66. The van der Waals surface area contributed by atoms with Crippen LogP contribution in [-0.2, 0) is 0 Å². The molecule has 0 heterocycles. The summed E-state index contributed by atoms with van der Waals surface area (Å²) >= 11 is 0. The lowest BCUT2D eigenvalue weighted by Gasteiger charge is -2.24. The summed E-state index contributed by atoms with van der Waals surface area (Å²) in [6, 6.07) is 3.98. The molecule has 0 unspecified atom stereocenters. The molecule has 1 rings (SSSR count). The third-order valence-corrected chi connectivity index (χ3v) is 1.98. The van der Waals surface area contributed by atoms with E-state index in [1.165, 1.54) is 59.7 Å². The monoisotopic (exact) mass is 306 g/mol. The van der Waals surface area contributed by atoms with Crippen molar-refractivity contribution in [3.63, 3.8) is 0 Å². The van der Waals surface area contributed by atoms with E-state index in [0.29, 0.717) is 0 Å². The standard InChI is InChI=1S/C15H21F3O3/c1-13(2,16)19-10-7-8-11(20-14(3,4)17)12(9-10)21-15(5,6)18/h7-9H,1-6H3. The van der Waals surface area contributed by atoms with Crippen LogP contribution in [0.2, 0.25) is 0 Å². The third-order valence-electron chi connectivity index (χ3n) is 1.98.